The fourth-order valence-electron chi connectivity index (χ4n) is 0.871. The van der Waals surface area contributed by atoms with Crippen molar-refractivity contribution in [1.82, 2.24) is 4.98 Å². The lowest BCUT2D eigenvalue weighted by molar-refractivity contribution is 0.0682. The molecule has 72 valence electrons. The normalized spacial score (nSPS) is 9.86. The number of rotatable bonds is 2. The number of hydrogen-bond donors (Lipinski definition) is 1. The van der Waals surface area contributed by atoms with E-state index in [0.717, 1.165) is 12.3 Å². The lowest BCUT2D eigenvalue weighted by atomic mass is 10.2. The van der Waals surface area contributed by atoms with Gasteiger partial charge in [-0.2, -0.15) is 0 Å². The summed E-state index contributed by atoms with van der Waals surface area (Å²) >= 11 is 0. The summed E-state index contributed by atoms with van der Waals surface area (Å²) < 4.78 is 24.4. The van der Waals surface area contributed by atoms with Gasteiger partial charge in [0.05, 0.1) is 12.1 Å². The molecule has 1 N–H and O–H groups in total. The molecule has 0 amide bonds. The van der Waals surface area contributed by atoms with E-state index in [1.165, 1.54) is 0 Å². The topological polar surface area (TPSA) is 54.5 Å². The number of carboxylic acid groups (broad SMARTS) is 1. The molecule has 14 heavy (non-hydrogen) atoms. The lowest BCUT2D eigenvalue weighted by Crippen LogP contribution is -2.04. The fraction of sp³-hybridized carbons (Fsp3) is 0.125. The minimum Gasteiger partial charge on any atom is -0.478 e. The van der Waals surface area contributed by atoms with Crippen molar-refractivity contribution in [3.05, 3.63) is 34.9 Å². The molecule has 0 bridgehead atoms. The van der Waals surface area contributed by atoms with E-state index in [4.69, 9.17) is 11.7 Å². The first-order valence-electron chi connectivity index (χ1n) is 3.45. The van der Waals surface area contributed by atoms with E-state index in [9.17, 15) is 13.6 Å². The van der Waals surface area contributed by atoms with Crippen LogP contribution in [0.2, 0.25) is 0 Å². The van der Waals surface area contributed by atoms with Crippen LogP contribution in [0.4, 0.5) is 14.5 Å². The molecule has 0 aliphatic rings. The maximum Gasteiger partial charge on any atom is 0.336 e. The van der Waals surface area contributed by atoms with E-state index in [1.807, 2.05) is 0 Å². The zero-order chi connectivity index (χ0) is 10.7. The third kappa shape index (κ3) is 1.82. The maximum absolute atomic E-state index is 12.2. The van der Waals surface area contributed by atoms with Gasteiger partial charge in [-0.15, -0.1) is 0 Å². The second-order valence-electron chi connectivity index (χ2n) is 2.34. The maximum atomic E-state index is 12.2. The number of hydrogen-bond acceptors (Lipinski definition) is 2. The van der Waals surface area contributed by atoms with Crippen molar-refractivity contribution in [2.45, 2.75) is 6.43 Å². The van der Waals surface area contributed by atoms with Crippen LogP contribution < -0.4 is 0 Å². The third-order valence-corrected chi connectivity index (χ3v) is 1.47. The first-order valence-corrected chi connectivity index (χ1v) is 3.45. The van der Waals surface area contributed by atoms with Crippen molar-refractivity contribution in [2.24, 2.45) is 0 Å². The summed E-state index contributed by atoms with van der Waals surface area (Å²) in [5.74, 6) is -1.52. The van der Waals surface area contributed by atoms with Gasteiger partial charge < -0.3 is 5.11 Å². The number of aromatic carboxylic acids is 1. The fourth-order valence-corrected chi connectivity index (χ4v) is 0.871. The molecule has 6 heteroatoms. The monoisotopic (exact) mass is 198 g/mol. The van der Waals surface area contributed by atoms with Crippen LogP contribution in [0.25, 0.3) is 4.85 Å². The van der Waals surface area contributed by atoms with Crippen LogP contribution in [0.1, 0.15) is 22.5 Å². The Hall–Kier alpha value is -2.03. The van der Waals surface area contributed by atoms with Gasteiger partial charge in [0, 0.05) is 6.20 Å². The number of halogens is 2. The summed E-state index contributed by atoms with van der Waals surface area (Å²) in [6.07, 6.45) is -2.04. The smallest absolute Gasteiger partial charge is 0.336 e. The highest BCUT2D eigenvalue weighted by Crippen LogP contribution is 2.24. The zero-order valence-corrected chi connectivity index (χ0v) is 6.74. The van der Waals surface area contributed by atoms with E-state index in [1.54, 1.807) is 0 Å². The van der Waals surface area contributed by atoms with Gasteiger partial charge in [0.25, 0.3) is 6.43 Å². The Labute approximate surface area is 77.6 Å². The average molecular weight is 198 g/mol. The first-order chi connectivity index (χ1) is 6.56. The SMILES string of the molecule is [C-]#[N+]c1cnc(C(F)F)c(C(=O)O)c1. The van der Waals surface area contributed by atoms with Gasteiger partial charge in [0.1, 0.15) is 5.69 Å². The van der Waals surface area contributed by atoms with Gasteiger partial charge in [0.2, 0.25) is 5.69 Å². The number of carboxylic acids is 1. The standard InChI is InChI=1S/C8H4F2N2O2/c1-11-4-2-5(8(13)14)6(7(9)10)12-3-4/h2-3,7H,(H,13,14). The Morgan fingerprint density at radius 2 is 2.29 bits per heavy atom. The van der Waals surface area contributed by atoms with Crippen molar-refractivity contribution >= 4 is 11.7 Å². The molecular formula is C8H4F2N2O2. The Kier molecular flexibility index (Phi) is 2.72. The third-order valence-electron chi connectivity index (χ3n) is 1.47. The minimum absolute atomic E-state index is 0.0770. The second-order valence-corrected chi connectivity index (χ2v) is 2.34. The molecule has 0 saturated carbocycles. The highest BCUT2D eigenvalue weighted by Gasteiger charge is 2.19. The summed E-state index contributed by atoms with van der Waals surface area (Å²) in [7, 11) is 0. The summed E-state index contributed by atoms with van der Waals surface area (Å²) in [6.45, 7) is 6.56. The van der Waals surface area contributed by atoms with Crippen LogP contribution in [-0.4, -0.2) is 16.1 Å². The number of nitrogens with zero attached hydrogens (tertiary/aromatic N) is 2. The van der Waals surface area contributed by atoms with Crippen LogP contribution in [0.5, 0.6) is 0 Å². The van der Waals surface area contributed by atoms with Crippen molar-refractivity contribution in [3.8, 4) is 0 Å². The van der Waals surface area contributed by atoms with Crippen molar-refractivity contribution in [3.63, 3.8) is 0 Å². The van der Waals surface area contributed by atoms with Gasteiger partial charge in [0.15, 0.2) is 0 Å². The molecule has 0 aromatic carbocycles. The summed E-state index contributed by atoms with van der Waals surface area (Å²) in [4.78, 5) is 16.6. The molecule has 0 fully saturated rings. The minimum atomic E-state index is -2.96. The van der Waals surface area contributed by atoms with E-state index in [2.05, 4.69) is 9.83 Å². The summed E-state index contributed by atoms with van der Waals surface area (Å²) in [5, 5.41) is 8.56. The Balaban J connectivity index is 3.33. The van der Waals surface area contributed by atoms with Crippen molar-refractivity contribution < 1.29 is 18.7 Å². The molecule has 1 aromatic rings. The molecule has 0 unspecified atom stereocenters. The van der Waals surface area contributed by atoms with Crippen LogP contribution in [0.3, 0.4) is 0 Å². The molecular weight excluding hydrogens is 194 g/mol. The van der Waals surface area contributed by atoms with E-state index in [-0.39, 0.29) is 5.69 Å². The van der Waals surface area contributed by atoms with E-state index in [0.29, 0.717) is 0 Å². The van der Waals surface area contributed by atoms with Crippen LogP contribution in [-0.2, 0) is 0 Å². The molecule has 0 aliphatic heterocycles. The van der Waals surface area contributed by atoms with Gasteiger partial charge in [-0.05, 0) is 6.07 Å². The number of aromatic nitrogens is 1. The average Bonchev–Trinajstić information content (AvgIpc) is 2.16. The van der Waals surface area contributed by atoms with Crippen LogP contribution >= 0.6 is 0 Å². The molecule has 0 spiro atoms. The van der Waals surface area contributed by atoms with Gasteiger partial charge in [-0.3, -0.25) is 4.98 Å². The molecule has 0 saturated heterocycles. The molecule has 0 radical (unpaired) electrons. The number of carbonyl (C=O) groups is 1. The highest BCUT2D eigenvalue weighted by atomic mass is 19.3. The predicted octanol–water partition coefficient (Wildman–Crippen LogP) is 2.27. The van der Waals surface area contributed by atoms with Crippen molar-refractivity contribution in [1.29, 1.82) is 0 Å². The summed E-state index contributed by atoms with van der Waals surface area (Å²) in [6, 6.07) is 0.879. The largest absolute Gasteiger partial charge is 0.478 e. The summed E-state index contributed by atoms with van der Waals surface area (Å²) in [5.41, 5.74) is -1.52. The second kappa shape index (κ2) is 3.79. The first kappa shape index (κ1) is 10.1. The molecule has 1 heterocycles. The van der Waals surface area contributed by atoms with Crippen LogP contribution in [0.15, 0.2) is 12.3 Å². The van der Waals surface area contributed by atoms with Gasteiger partial charge in [-0.1, -0.05) is 0 Å². The molecule has 1 rings (SSSR count). The zero-order valence-electron chi connectivity index (χ0n) is 6.74. The van der Waals surface area contributed by atoms with Gasteiger partial charge in [-0.25, -0.2) is 18.4 Å². The van der Waals surface area contributed by atoms with Crippen molar-refractivity contribution in [2.75, 3.05) is 0 Å². The van der Waals surface area contributed by atoms with Crippen LogP contribution in [0, 0.1) is 6.57 Å². The number of pyridine rings is 1. The highest BCUT2D eigenvalue weighted by molar-refractivity contribution is 5.90. The quantitative estimate of drug-likeness (QED) is 0.741. The molecule has 1 aromatic heterocycles. The number of alkyl halides is 2. The molecule has 0 atom stereocenters. The Morgan fingerprint density at radius 1 is 1.64 bits per heavy atom. The predicted molar refractivity (Wildman–Crippen MR) is 42.4 cm³/mol. The Morgan fingerprint density at radius 3 is 2.71 bits per heavy atom. The Bertz CT molecular complexity index is 412. The lowest BCUT2D eigenvalue weighted by Gasteiger charge is -2.03. The molecule has 0 aliphatic carbocycles. The van der Waals surface area contributed by atoms with Gasteiger partial charge >= 0.3 is 5.97 Å². The van der Waals surface area contributed by atoms with E-state index >= 15 is 0 Å². The van der Waals surface area contributed by atoms with E-state index < -0.39 is 23.7 Å². The molecule has 4 nitrogen and oxygen atoms in total.